The van der Waals surface area contributed by atoms with E-state index in [9.17, 15) is 4.21 Å². The molecule has 0 aliphatic carbocycles. The Morgan fingerprint density at radius 1 is 0.576 bits per heavy atom. The summed E-state index contributed by atoms with van der Waals surface area (Å²) in [6.07, 6.45) is 4.24. The molecule has 0 bridgehead atoms. The molecule has 0 saturated heterocycles. The van der Waals surface area contributed by atoms with Gasteiger partial charge in [-0.1, -0.05) is 91.0 Å². The average molecular weight is 453 g/mol. The Kier molecular flexibility index (Phi) is 6.80. The van der Waals surface area contributed by atoms with Crippen LogP contribution in [0, 0.1) is 0 Å². The summed E-state index contributed by atoms with van der Waals surface area (Å²) in [6.45, 7) is 0.440. The second kappa shape index (κ2) is 10.3. The first-order chi connectivity index (χ1) is 16.2. The Labute approximate surface area is 198 Å². The van der Waals surface area contributed by atoms with Gasteiger partial charge in [0.1, 0.15) is 0 Å². The van der Waals surface area contributed by atoms with Gasteiger partial charge in [0, 0.05) is 0 Å². The summed E-state index contributed by atoms with van der Waals surface area (Å²) in [7, 11) is 0. The summed E-state index contributed by atoms with van der Waals surface area (Å²) in [5, 5.41) is 0. The molecule has 1 heterocycles. The van der Waals surface area contributed by atoms with Crippen LogP contribution in [-0.4, -0.2) is 4.21 Å². The molecule has 4 aromatic carbocycles. The first-order valence-corrected chi connectivity index (χ1v) is 12.8. The topological polar surface area (TPSA) is 26.3 Å². The van der Waals surface area contributed by atoms with Crippen LogP contribution in [0.5, 0.6) is 0 Å². The van der Waals surface area contributed by atoms with Crippen molar-refractivity contribution < 1.29 is 8.39 Å². The van der Waals surface area contributed by atoms with E-state index < -0.39 is 11.1 Å². The summed E-state index contributed by atoms with van der Waals surface area (Å²) >= 11 is -1.20. The molecule has 4 aromatic rings. The van der Waals surface area contributed by atoms with E-state index >= 15 is 0 Å². The molecule has 0 amide bonds. The second-order valence-electron chi connectivity index (χ2n) is 8.69. The standard InChI is InChI=1S/C30H28O2S/c31-33-22-30-20-28(18-19-29(30)21-32-33)27-16-14-26(15-17-27)13-12-25-10-8-24(9-11-25)7-6-23-4-2-1-3-5-23/h1-5,8-11,14-20H,6-7,12-13,21-22H2. The van der Waals surface area contributed by atoms with Crippen LogP contribution >= 0.6 is 0 Å². The van der Waals surface area contributed by atoms with Gasteiger partial charge >= 0.3 is 0 Å². The van der Waals surface area contributed by atoms with Crippen molar-refractivity contribution in [1.29, 1.82) is 0 Å². The maximum atomic E-state index is 11.7. The minimum atomic E-state index is -1.20. The van der Waals surface area contributed by atoms with Gasteiger partial charge in [0.05, 0.1) is 12.4 Å². The highest BCUT2D eigenvalue weighted by Crippen LogP contribution is 2.27. The zero-order chi connectivity index (χ0) is 22.5. The van der Waals surface area contributed by atoms with Crippen molar-refractivity contribution in [3.63, 3.8) is 0 Å². The summed E-state index contributed by atoms with van der Waals surface area (Å²) in [5.74, 6) is 0.478. The Balaban J connectivity index is 1.16. The normalized spacial score (nSPS) is 15.2. The lowest BCUT2D eigenvalue weighted by molar-refractivity contribution is 0.328. The van der Waals surface area contributed by atoms with Gasteiger partial charge in [-0.05, 0) is 76.3 Å². The van der Waals surface area contributed by atoms with E-state index in [-0.39, 0.29) is 0 Å². The molecule has 166 valence electrons. The van der Waals surface area contributed by atoms with Gasteiger partial charge in [-0.3, -0.25) is 4.18 Å². The van der Waals surface area contributed by atoms with Gasteiger partial charge in [-0.25, -0.2) is 4.21 Å². The van der Waals surface area contributed by atoms with Crippen LogP contribution < -0.4 is 0 Å². The van der Waals surface area contributed by atoms with E-state index in [2.05, 4.69) is 97.1 Å². The fourth-order valence-electron chi connectivity index (χ4n) is 4.34. The van der Waals surface area contributed by atoms with Crippen LogP contribution in [0.2, 0.25) is 0 Å². The summed E-state index contributed by atoms with van der Waals surface area (Å²) in [6, 6.07) is 35.0. The van der Waals surface area contributed by atoms with E-state index in [1.807, 2.05) is 0 Å². The van der Waals surface area contributed by atoms with E-state index in [0.717, 1.165) is 36.8 Å². The van der Waals surface area contributed by atoms with E-state index in [4.69, 9.17) is 4.18 Å². The maximum Gasteiger partial charge on any atom is 0.160 e. The van der Waals surface area contributed by atoms with Crippen molar-refractivity contribution in [2.75, 3.05) is 0 Å². The van der Waals surface area contributed by atoms with Gasteiger partial charge in [0.15, 0.2) is 11.1 Å². The maximum absolute atomic E-state index is 11.7. The Hall–Kier alpha value is -3.01. The zero-order valence-corrected chi connectivity index (χ0v) is 19.5. The van der Waals surface area contributed by atoms with Gasteiger partial charge in [0.2, 0.25) is 0 Å². The van der Waals surface area contributed by atoms with Crippen LogP contribution in [0.3, 0.4) is 0 Å². The van der Waals surface area contributed by atoms with Gasteiger partial charge in [-0.2, -0.15) is 0 Å². The predicted molar refractivity (Wildman–Crippen MR) is 136 cm³/mol. The lowest BCUT2D eigenvalue weighted by Gasteiger charge is -2.16. The number of hydrogen-bond acceptors (Lipinski definition) is 2. The highest BCUT2D eigenvalue weighted by molar-refractivity contribution is 7.79. The average Bonchev–Trinajstić information content (AvgIpc) is 2.87. The van der Waals surface area contributed by atoms with Gasteiger partial charge in [-0.15, -0.1) is 0 Å². The molecule has 0 spiro atoms. The van der Waals surface area contributed by atoms with E-state index in [1.165, 1.54) is 33.4 Å². The molecule has 1 aliphatic heterocycles. The lowest BCUT2D eigenvalue weighted by atomic mass is 9.97. The molecule has 1 unspecified atom stereocenters. The smallest absolute Gasteiger partial charge is 0.160 e. The quantitative estimate of drug-likeness (QED) is 0.315. The monoisotopic (exact) mass is 452 g/mol. The number of hydrogen-bond donors (Lipinski definition) is 0. The molecule has 0 N–H and O–H groups in total. The molecule has 3 heteroatoms. The van der Waals surface area contributed by atoms with Crippen molar-refractivity contribution in [3.8, 4) is 11.1 Å². The van der Waals surface area contributed by atoms with Crippen LogP contribution in [-0.2, 0) is 53.3 Å². The summed E-state index contributed by atoms with van der Waals surface area (Å²) < 4.78 is 16.9. The zero-order valence-electron chi connectivity index (χ0n) is 18.7. The third-order valence-electron chi connectivity index (χ3n) is 6.38. The van der Waals surface area contributed by atoms with Crippen LogP contribution in [0.15, 0.2) is 97.1 Å². The van der Waals surface area contributed by atoms with Crippen LogP contribution in [0.25, 0.3) is 11.1 Å². The Morgan fingerprint density at radius 2 is 1.09 bits per heavy atom. The third-order valence-corrected chi connectivity index (χ3v) is 7.31. The Bertz CT molecular complexity index is 1230. The van der Waals surface area contributed by atoms with Crippen LogP contribution in [0.4, 0.5) is 0 Å². The largest absolute Gasteiger partial charge is 0.285 e. The lowest BCUT2D eigenvalue weighted by Crippen LogP contribution is -2.10. The molecule has 1 aliphatic rings. The minimum Gasteiger partial charge on any atom is -0.285 e. The second-order valence-corrected chi connectivity index (χ2v) is 9.82. The molecule has 0 aromatic heterocycles. The third kappa shape index (κ3) is 5.68. The predicted octanol–water partition coefficient (Wildman–Crippen LogP) is 6.62. The molecular formula is C30H28O2S. The summed E-state index contributed by atoms with van der Waals surface area (Å²) in [4.78, 5) is 0. The minimum absolute atomic E-state index is 0.440. The van der Waals surface area contributed by atoms with Crippen molar-refractivity contribution in [1.82, 2.24) is 0 Å². The van der Waals surface area contributed by atoms with Crippen molar-refractivity contribution in [2.24, 2.45) is 0 Å². The molecule has 0 saturated carbocycles. The number of rotatable bonds is 7. The summed E-state index contributed by atoms with van der Waals surface area (Å²) in [5.41, 5.74) is 10.2. The molecule has 0 radical (unpaired) electrons. The van der Waals surface area contributed by atoms with E-state index in [1.54, 1.807) is 0 Å². The molecule has 1 atom stereocenters. The molecule has 33 heavy (non-hydrogen) atoms. The van der Waals surface area contributed by atoms with Gasteiger partial charge < -0.3 is 0 Å². The van der Waals surface area contributed by atoms with Crippen molar-refractivity contribution >= 4 is 11.1 Å². The Morgan fingerprint density at radius 3 is 1.70 bits per heavy atom. The number of aryl methyl sites for hydroxylation is 4. The fourth-order valence-corrected chi connectivity index (χ4v) is 5.20. The SMILES string of the molecule is O=S1Cc2cc(-c3ccc(CCc4ccc(CCc5ccccc5)cc4)cc3)ccc2CO1. The molecule has 5 rings (SSSR count). The molecule has 2 nitrogen and oxygen atoms in total. The number of benzene rings is 4. The molecule has 0 fully saturated rings. The number of fused-ring (bicyclic) bond motifs is 1. The van der Waals surface area contributed by atoms with Gasteiger partial charge in [0.25, 0.3) is 0 Å². The highest BCUT2D eigenvalue weighted by atomic mass is 32.2. The fraction of sp³-hybridized carbons (Fsp3) is 0.200. The van der Waals surface area contributed by atoms with Crippen molar-refractivity contribution in [2.45, 2.75) is 38.0 Å². The molecular weight excluding hydrogens is 424 g/mol. The first-order valence-electron chi connectivity index (χ1n) is 11.6. The highest BCUT2D eigenvalue weighted by Gasteiger charge is 2.15. The first kappa shape index (κ1) is 21.8. The van der Waals surface area contributed by atoms with Crippen molar-refractivity contribution in [3.05, 3.63) is 130 Å². The van der Waals surface area contributed by atoms with Crippen LogP contribution in [0.1, 0.15) is 33.4 Å². The van der Waals surface area contributed by atoms with E-state index in [0.29, 0.717) is 12.4 Å².